The summed E-state index contributed by atoms with van der Waals surface area (Å²) in [6.07, 6.45) is 1.33. The van der Waals surface area contributed by atoms with Gasteiger partial charge in [0.25, 0.3) is 0 Å². The number of anilines is 1. The second-order valence-corrected chi connectivity index (χ2v) is 5.84. The Morgan fingerprint density at radius 1 is 1.35 bits per heavy atom. The van der Waals surface area contributed by atoms with Crippen molar-refractivity contribution < 1.29 is 9.59 Å². The number of hydrogen-bond donors (Lipinski definition) is 2. The van der Waals surface area contributed by atoms with Crippen LogP contribution in [-0.2, 0) is 9.59 Å². The summed E-state index contributed by atoms with van der Waals surface area (Å²) in [4.78, 5) is 24.9. The molecule has 0 radical (unpaired) electrons. The normalized spacial score (nSPS) is 15.9. The van der Waals surface area contributed by atoms with Crippen LogP contribution in [0.3, 0.4) is 0 Å². The Morgan fingerprint density at radius 2 is 2.05 bits per heavy atom. The zero-order valence-corrected chi connectivity index (χ0v) is 12.7. The van der Waals surface area contributed by atoms with E-state index in [0.717, 1.165) is 10.2 Å². The van der Waals surface area contributed by atoms with E-state index in [-0.39, 0.29) is 24.3 Å². The van der Waals surface area contributed by atoms with Gasteiger partial charge in [-0.15, -0.1) is 0 Å². The molecular formula is C14H18BrN3O2. The van der Waals surface area contributed by atoms with Gasteiger partial charge in [-0.1, -0.05) is 22.0 Å². The maximum absolute atomic E-state index is 12.1. The van der Waals surface area contributed by atoms with Gasteiger partial charge in [0.05, 0.1) is 6.54 Å². The van der Waals surface area contributed by atoms with E-state index in [9.17, 15) is 9.59 Å². The first kappa shape index (κ1) is 14.8. The molecule has 0 aromatic heterocycles. The number of piperidine rings is 1. The Labute approximate surface area is 126 Å². The summed E-state index contributed by atoms with van der Waals surface area (Å²) in [6.45, 7) is 1.47. The van der Waals surface area contributed by atoms with Crippen LogP contribution >= 0.6 is 15.9 Å². The third-order valence-corrected chi connectivity index (χ3v) is 4.01. The molecule has 0 spiro atoms. The Kier molecular flexibility index (Phi) is 5.00. The average Bonchev–Trinajstić information content (AvgIpc) is 2.45. The van der Waals surface area contributed by atoms with Gasteiger partial charge >= 0.3 is 0 Å². The van der Waals surface area contributed by atoms with Crippen LogP contribution in [0.25, 0.3) is 0 Å². The van der Waals surface area contributed by atoms with Gasteiger partial charge in [0.1, 0.15) is 0 Å². The van der Waals surface area contributed by atoms with Crippen molar-refractivity contribution in [3.05, 3.63) is 28.7 Å². The number of halogens is 1. The Balaban J connectivity index is 1.80. The van der Waals surface area contributed by atoms with Gasteiger partial charge in [-0.3, -0.25) is 9.59 Å². The molecule has 108 valence electrons. The number of nitrogens with zero attached hydrogens (tertiary/aromatic N) is 1. The van der Waals surface area contributed by atoms with Crippen molar-refractivity contribution in [2.45, 2.75) is 12.8 Å². The number of amides is 2. The molecule has 0 atom stereocenters. The molecule has 1 saturated heterocycles. The standard InChI is InChI=1S/C14H18BrN3O2/c15-11-2-1-3-12(8-11)17-9-13(19)18-6-4-10(5-7-18)14(16)20/h1-3,8,10,17H,4-7,9H2,(H2,16,20). The topological polar surface area (TPSA) is 75.4 Å². The van der Waals surface area contributed by atoms with Crippen LogP contribution in [0.4, 0.5) is 5.69 Å². The van der Waals surface area contributed by atoms with Gasteiger partial charge in [0, 0.05) is 29.2 Å². The third kappa shape index (κ3) is 3.96. The molecule has 1 aliphatic rings. The van der Waals surface area contributed by atoms with E-state index in [1.807, 2.05) is 24.3 Å². The molecule has 1 aromatic rings. The minimum Gasteiger partial charge on any atom is -0.376 e. The second kappa shape index (κ2) is 6.74. The van der Waals surface area contributed by atoms with Crippen LogP contribution < -0.4 is 11.1 Å². The fourth-order valence-electron chi connectivity index (χ4n) is 2.30. The summed E-state index contributed by atoms with van der Waals surface area (Å²) in [5, 5.41) is 3.10. The SMILES string of the molecule is NC(=O)C1CCN(C(=O)CNc2cccc(Br)c2)CC1. The molecule has 2 rings (SSSR count). The van der Waals surface area contributed by atoms with E-state index in [4.69, 9.17) is 5.73 Å². The van der Waals surface area contributed by atoms with Gasteiger partial charge in [0.15, 0.2) is 0 Å². The summed E-state index contributed by atoms with van der Waals surface area (Å²) < 4.78 is 0.970. The summed E-state index contributed by atoms with van der Waals surface area (Å²) in [5.41, 5.74) is 6.18. The van der Waals surface area contributed by atoms with Crippen molar-refractivity contribution in [2.24, 2.45) is 11.7 Å². The van der Waals surface area contributed by atoms with E-state index in [2.05, 4.69) is 21.2 Å². The maximum Gasteiger partial charge on any atom is 0.241 e. The Hall–Kier alpha value is -1.56. The molecule has 0 bridgehead atoms. The first-order valence-corrected chi connectivity index (χ1v) is 7.42. The number of nitrogens with two attached hydrogens (primary N) is 1. The fraction of sp³-hybridized carbons (Fsp3) is 0.429. The molecule has 20 heavy (non-hydrogen) atoms. The zero-order chi connectivity index (χ0) is 14.5. The molecule has 5 nitrogen and oxygen atoms in total. The molecule has 2 amide bonds. The monoisotopic (exact) mass is 339 g/mol. The number of rotatable bonds is 4. The van der Waals surface area contributed by atoms with E-state index >= 15 is 0 Å². The van der Waals surface area contributed by atoms with Crippen LogP contribution in [0, 0.1) is 5.92 Å². The fourth-order valence-corrected chi connectivity index (χ4v) is 2.70. The lowest BCUT2D eigenvalue weighted by Crippen LogP contribution is -2.43. The van der Waals surface area contributed by atoms with Crippen LogP contribution in [0.2, 0.25) is 0 Å². The maximum atomic E-state index is 12.1. The highest BCUT2D eigenvalue weighted by atomic mass is 79.9. The predicted octanol–water partition coefficient (Wildman–Crippen LogP) is 1.58. The van der Waals surface area contributed by atoms with E-state index in [1.54, 1.807) is 4.90 Å². The lowest BCUT2D eigenvalue weighted by atomic mass is 9.96. The quantitative estimate of drug-likeness (QED) is 0.874. The minimum absolute atomic E-state index is 0.0490. The molecular weight excluding hydrogens is 322 g/mol. The van der Waals surface area contributed by atoms with Crippen LogP contribution in [0.1, 0.15) is 12.8 Å². The van der Waals surface area contributed by atoms with Crippen molar-refractivity contribution in [1.82, 2.24) is 4.90 Å². The summed E-state index contributed by atoms with van der Waals surface area (Å²) >= 11 is 3.39. The molecule has 1 heterocycles. The van der Waals surface area contributed by atoms with Crippen molar-refractivity contribution >= 4 is 33.4 Å². The predicted molar refractivity (Wildman–Crippen MR) is 81.1 cm³/mol. The van der Waals surface area contributed by atoms with Gasteiger partial charge in [-0.25, -0.2) is 0 Å². The third-order valence-electron chi connectivity index (χ3n) is 3.52. The second-order valence-electron chi connectivity index (χ2n) is 4.92. The molecule has 0 aliphatic carbocycles. The van der Waals surface area contributed by atoms with Crippen molar-refractivity contribution in [3.8, 4) is 0 Å². The number of primary amides is 1. The van der Waals surface area contributed by atoms with E-state index < -0.39 is 0 Å². The minimum atomic E-state index is -0.260. The Bertz CT molecular complexity index is 499. The van der Waals surface area contributed by atoms with Crippen molar-refractivity contribution in [2.75, 3.05) is 25.0 Å². The Morgan fingerprint density at radius 3 is 2.65 bits per heavy atom. The molecule has 1 aromatic carbocycles. The first-order valence-electron chi connectivity index (χ1n) is 6.63. The van der Waals surface area contributed by atoms with Crippen molar-refractivity contribution in [1.29, 1.82) is 0 Å². The molecule has 3 N–H and O–H groups in total. The average molecular weight is 340 g/mol. The molecule has 1 fully saturated rings. The smallest absolute Gasteiger partial charge is 0.241 e. The number of carbonyl (C=O) groups is 2. The van der Waals surface area contributed by atoms with Crippen LogP contribution in [0.5, 0.6) is 0 Å². The number of likely N-dealkylation sites (tertiary alicyclic amines) is 1. The highest BCUT2D eigenvalue weighted by molar-refractivity contribution is 9.10. The van der Waals surface area contributed by atoms with Gasteiger partial charge in [0.2, 0.25) is 11.8 Å². The highest BCUT2D eigenvalue weighted by Gasteiger charge is 2.25. The lowest BCUT2D eigenvalue weighted by Gasteiger charge is -2.30. The van der Waals surface area contributed by atoms with Gasteiger partial charge in [-0.2, -0.15) is 0 Å². The molecule has 1 aliphatic heterocycles. The van der Waals surface area contributed by atoms with E-state index in [0.29, 0.717) is 25.9 Å². The number of benzene rings is 1. The molecule has 6 heteroatoms. The largest absolute Gasteiger partial charge is 0.376 e. The van der Waals surface area contributed by atoms with E-state index in [1.165, 1.54) is 0 Å². The van der Waals surface area contributed by atoms with Crippen LogP contribution in [-0.4, -0.2) is 36.3 Å². The van der Waals surface area contributed by atoms with Crippen LogP contribution in [0.15, 0.2) is 28.7 Å². The molecule has 0 saturated carbocycles. The number of carbonyl (C=O) groups excluding carboxylic acids is 2. The molecule has 0 unspecified atom stereocenters. The lowest BCUT2D eigenvalue weighted by molar-refractivity contribution is -0.133. The number of nitrogens with one attached hydrogen (secondary N) is 1. The van der Waals surface area contributed by atoms with Crippen molar-refractivity contribution in [3.63, 3.8) is 0 Å². The first-order chi connectivity index (χ1) is 9.56. The van der Waals surface area contributed by atoms with Gasteiger partial charge < -0.3 is 16.0 Å². The number of hydrogen-bond acceptors (Lipinski definition) is 3. The summed E-state index contributed by atoms with van der Waals surface area (Å²) in [5.74, 6) is -0.297. The van der Waals surface area contributed by atoms with Gasteiger partial charge in [-0.05, 0) is 31.0 Å². The highest BCUT2D eigenvalue weighted by Crippen LogP contribution is 2.18. The summed E-state index contributed by atoms with van der Waals surface area (Å²) in [7, 11) is 0. The summed E-state index contributed by atoms with van der Waals surface area (Å²) in [6, 6.07) is 7.68. The zero-order valence-electron chi connectivity index (χ0n) is 11.1.